The molecule has 1 saturated heterocycles. The Hall–Kier alpha value is -2.95. The summed E-state index contributed by atoms with van der Waals surface area (Å²) in [6.07, 6.45) is 3.17. The fourth-order valence-electron chi connectivity index (χ4n) is 4.06. The Kier molecular flexibility index (Phi) is 6.45. The van der Waals surface area contributed by atoms with Crippen molar-refractivity contribution in [1.29, 1.82) is 0 Å². The van der Waals surface area contributed by atoms with Crippen LogP contribution in [0, 0.1) is 0 Å². The molecule has 10 heteroatoms. The fraction of sp³-hybridized carbons (Fsp3) is 0.364. The van der Waals surface area contributed by atoms with E-state index in [1.54, 1.807) is 25.3 Å². The number of ether oxygens (including phenoxy) is 2. The summed E-state index contributed by atoms with van der Waals surface area (Å²) in [5.41, 5.74) is 7.85. The lowest BCUT2D eigenvalue weighted by molar-refractivity contribution is -0.134. The van der Waals surface area contributed by atoms with Gasteiger partial charge in [0.25, 0.3) is 0 Å². The third-order valence-corrected chi connectivity index (χ3v) is 6.59. The molecule has 2 aromatic rings. The van der Waals surface area contributed by atoms with Crippen LogP contribution in [-0.4, -0.2) is 52.1 Å². The summed E-state index contributed by atoms with van der Waals surface area (Å²) < 4.78 is 37.2. The first-order chi connectivity index (χ1) is 15.4. The minimum Gasteiger partial charge on any atom is -0.497 e. The Bertz CT molecular complexity index is 1010. The smallest absolute Gasteiger partial charge is 0.227 e. The van der Waals surface area contributed by atoms with E-state index in [2.05, 4.69) is 9.12 Å². The van der Waals surface area contributed by atoms with Crippen molar-refractivity contribution in [2.24, 2.45) is 10.1 Å². The molecule has 1 fully saturated rings. The number of likely N-dealkylation sites (tertiary alicyclic amines) is 1. The van der Waals surface area contributed by atoms with E-state index in [9.17, 15) is 13.9 Å². The van der Waals surface area contributed by atoms with Crippen molar-refractivity contribution in [1.82, 2.24) is 4.90 Å². The number of carbonyl (C=O) groups excluding carboxylic acids is 1. The van der Waals surface area contributed by atoms with E-state index in [0.717, 1.165) is 30.6 Å². The molecule has 2 aliphatic rings. The zero-order valence-corrected chi connectivity index (χ0v) is 18.7. The molecule has 2 aliphatic heterocycles. The second-order valence-corrected chi connectivity index (χ2v) is 9.27. The van der Waals surface area contributed by atoms with Crippen LogP contribution in [0.4, 0.5) is 5.69 Å². The summed E-state index contributed by atoms with van der Waals surface area (Å²) in [4.78, 5) is 14.9. The Morgan fingerprint density at radius 2 is 2.03 bits per heavy atom. The van der Waals surface area contributed by atoms with Gasteiger partial charge in [-0.05, 0) is 60.1 Å². The van der Waals surface area contributed by atoms with E-state index in [1.165, 1.54) is 0 Å². The summed E-state index contributed by atoms with van der Waals surface area (Å²) in [7, 11) is -1.74. The zero-order valence-electron chi connectivity index (χ0n) is 17.9. The number of nitrogens with one attached hydrogen (secondary N) is 1. The highest BCUT2D eigenvalue weighted by Crippen LogP contribution is 2.46. The lowest BCUT2D eigenvalue weighted by Gasteiger charge is -2.36. The van der Waals surface area contributed by atoms with Gasteiger partial charge in [0.15, 0.2) is 5.84 Å². The molecule has 5 N–H and O–H groups in total. The number of hydrogen-bond acceptors (Lipinski definition) is 8. The van der Waals surface area contributed by atoms with Crippen molar-refractivity contribution < 1.29 is 23.4 Å². The van der Waals surface area contributed by atoms with Crippen LogP contribution in [0.5, 0.6) is 11.5 Å². The van der Waals surface area contributed by atoms with Crippen molar-refractivity contribution in [3.05, 3.63) is 53.6 Å². The molecule has 1 amide bonds. The van der Waals surface area contributed by atoms with E-state index in [-0.39, 0.29) is 17.8 Å². The summed E-state index contributed by atoms with van der Waals surface area (Å²) in [5.74, 6) is 1.31. The van der Waals surface area contributed by atoms with Crippen LogP contribution in [0.15, 0.2) is 46.9 Å². The first kappa shape index (κ1) is 22.3. The monoisotopic (exact) mass is 460 g/mol. The van der Waals surface area contributed by atoms with Crippen molar-refractivity contribution in [3.8, 4) is 11.5 Å². The number of hydrogen-bond donors (Lipinski definition) is 4. The van der Waals surface area contributed by atoms with Crippen LogP contribution in [0.1, 0.15) is 30.4 Å². The highest BCUT2D eigenvalue weighted by molar-refractivity contribution is 8.24. The molecular formula is C22H28N4O5S. The first-order valence-electron chi connectivity index (χ1n) is 10.5. The Labute approximate surface area is 188 Å². The number of benzene rings is 2. The van der Waals surface area contributed by atoms with Gasteiger partial charge >= 0.3 is 0 Å². The number of methoxy groups -OCH3 is 1. The highest BCUT2D eigenvalue weighted by Gasteiger charge is 2.29. The molecule has 172 valence electrons. The molecule has 32 heavy (non-hydrogen) atoms. The highest BCUT2D eigenvalue weighted by atomic mass is 32.3. The Balaban J connectivity index is 1.45. The summed E-state index contributed by atoms with van der Waals surface area (Å²) >= 11 is 0. The second-order valence-electron chi connectivity index (χ2n) is 7.85. The van der Waals surface area contributed by atoms with Gasteiger partial charge < -0.3 is 20.1 Å². The third-order valence-electron chi connectivity index (χ3n) is 5.65. The molecule has 0 saturated carbocycles. The Morgan fingerprint density at radius 3 is 2.78 bits per heavy atom. The van der Waals surface area contributed by atoms with Gasteiger partial charge in [0.1, 0.15) is 18.1 Å². The van der Waals surface area contributed by atoms with E-state index in [1.807, 2.05) is 29.2 Å². The second kappa shape index (κ2) is 9.27. The molecule has 2 aromatic carbocycles. The molecule has 1 atom stereocenters. The molecule has 4 rings (SSSR count). The molecular weight excluding hydrogens is 432 g/mol. The van der Waals surface area contributed by atoms with Crippen LogP contribution in [-0.2, 0) is 11.2 Å². The van der Waals surface area contributed by atoms with Crippen molar-refractivity contribution >= 4 is 28.4 Å². The van der Waals surface area contributed by atoms with Gasteiger partial charge in [0.05, 0.1) is 30.8 Å². The van der Waals surface area contributed by atoms with Crippen LogP contribution < -0.4 is 19.9 Å². The maximum atomic E-state index is 13.0. The maximum Gasteiger partial charge on any atom is 0.227 e. The number of rotatable bonds is 6. The topological polar surface area (TPSA) is 130 Å². The number of amidine groups is 1. The molecule has 0 aromatic heterocycles. The summed E-state index contributed by atoms with van der Waals surface area (Å²) in [6.45, 7) is 1.01. The van der Waals surface area contributed by atoms with Crippen molar-refractivity contribution in [2.75, 3.05) is 25.0 Å². The van der Waals surface area contributed by atoms with Gasteiger partial charge in [-0.15, -0.1) is 4.40 Å². The van der Waals surface area contributed by atoms with Crippen LogP contribution >= 0.6 is 11.0 Å². The Morgan fingerprint density at radius 1 is 1.25 bits per heavy atom. The van der Waals surface area contributed by atoms with Crippen LogP contribution in [0.3, 0.4) is 0 Å². The van der Waals surface area contributed by atoms with E-state index >= 15 is 0 Å². The summed E-state index contributed by atoms with van der Waals surface area (Å²) in [5, 5.41) is 0. The lowest BCUT2D eigenvalue weighted by atomic mass is 10.0. The lowest BCUT2D eigenvalue weighted by Crippen LogP contribution is -2.47. The van der Waals surface area contributed by atoms with Gasteiger partial charge in [-0.1, -0.05) is 18.2 Å². The zero-order chi connectivity index (χ0) is 22.7. The molecule has 0 spiro atoms. The van der Waals surface area contributed by atoms with Gasteiger partial charge in [0.2, 0.25) is 5.91 Å². The minimum atomic E-state index is -3.36. The molecule has 0 aliphatic carbocycles. The fourth-order valence-corrected chi connectivity index (χ4v) is 4.94. The van der Waals surface area contributed by atoms with Gasteiger partial charge in [0, 0.05) is 6.54 Å². The minimum absolute atomic E-state index is 0.00503. The standard InChI is InChI=1S/C22H28N4O5S/c1-30-17-10-8-15(9-11-17)13-20(27)26-12-3-2-5-16(26)14-31-19-7-4-6-18-21(19)22(23)25-32(28,29)24-18/h4,6-11,16,24,28-29H,2-3,5,12-14H2,1H3,(H2,23,25). The quantitative estimate of drug-likeness (QED) is 0.520. The number of nitrogens with two attached hydrogens (primary N) is 1. The normalized spacial score (nSPS) is 20.4. The summed E-state index contributed by atoms with van der Waals surface area (Å²) in [6, 6.07) is 12.6. The number of anilines is 1. The number of piperidine rings is 1. The molecule has 9 nitrogen and oxygen atoms in total. The van der Waals surface area contributed by atoms with E-state index in [0.29, 0.717) is 36.6 Å². The largest absolute Gasteiger partial charge is 0.497 e. The van der Waals surface area contributed by atoms with E-state index in [4.69, 9.17) is 15.2 Å². The van der Waals surface area contributed by atoms with E-state index < -0.39 is 11.0 Å². The van der Waals surface area contributed by atoms with Crippen LogP contribution in [0.2, 0.25) is 0 Å². The molecule has 1 unspecified atom stereocenters. The number of amides is 1. The average Bonchev–Trinajstić information content (AvgIpc) is 2.77. The SMILES string of the molecule is COc1ccc(CC(=O)N2CCCCC2COc2cccc3c2C(N)=NS(O)(O)N3)cc1. The number of nitrogens with zero attached hydrogens (tertiary/aromatic N) is 2. The predicted octanol–water partition coefficient (Wildman–Crippen LogP) is 3.41. The van der Waals surface area contributed by atoms with Crippen LogP contribution in [0.25, 0.3) is 0 Å². The van der Waals surface area contributed by atoms with Gasteiger partial charge in [-0.25, -0.2) is 0 Å². The number of carbonyl (C=O) groups is 1. The third kappa shape index (κ3) is 4.93. The first-order valence-corrected chi connectivity index (χ1v) is 12.0. The molecule has 2 heterocycles. The van der Waals surface area contributed by atoms with Crippen molar-refractivity contribution in [2.45, 2.75) is 31.7 Å². The molecule has 0 radical (unpaired) electrons. The predicted molar refractivity (Wildman–Crippen MR) is 125 cm³/mol. The van der Waals surface area contributed by atoms with Gasteiger partial charge in [-0.2, -0.15) is 0 Å². The molecule has 0 bridgehead atoms. The average molecular weight is 461 g/mol. The van der Waals surface area contributed by atoms with Gasteiger partial charge in [-0.3, -0.25) is 18.6 Å². The van der Waals surface area contributed by atoms with Crippen molar-refractivity contribution in [3.63, 3.8) is 0 Å². The maximum absolute atomic E-state index is 13.0. The number of fused-ring (bicyclic) bond motifs is 1.